The molecule has 1 saturated heterocycles. The molecule has 1 unspecified atom stereocenters. The summed E-state index contributed by atoms with van der Waals surface area (Å²) in [6.07, 6.45) is 11.2. The number of carbonyl (C=O) groups excluding carboxylic acids is 2. The number of allylic oxidation sites excluding steroid dienone is 4. The number of rotatable bonds is 2. The van der Waals surface area contributed by atoms with Crippen LogP contribution in [0.15, 0.2) is 48.3 Å². The molecule has 34 heavy (non-hydrogen) atoms. The molecule has 0 radical (unpaired) electrons. The van der Waals surface area contributed by atoms with Crippen LogP contribution in [0.25, 0.3) is 0 Å². The van der Waals surface area contributed by atoms with Gasteiger partial charge in [-0.15, -0.1) is 0 Å². The van der Waals surface area contributed by atoms with Gasteiger partial charge < -0.3 is 20.9 Å². The predicted octanol–water partition coefficient (Wildman–Crippen LogP) is 4.50. The summed E-state index contributed by atoms with van der Waals surface area (Å²) in [4.78, 5) is 35.2. The second-order valence-corrected chi connectivity index (χ2v) is 9.44. The second kappa shape index (κ2) is 9.46. The number of nitrogens with one attached hydrogen (secondary N) is 3. The van der Waals surface area contributed by atoms with Crippen LogP contribution in [-0.4, -0.2) is 39.8 Å². The highest BCUT2D eigenvalue weighted by atomic mass is 35.5. The zero-order valence-corrected chi connectivity index (χ0v) is 19.7. The molecule has 5 rings (SSSR count). The second-order valence-electron chi connectivity index (χ2n) is 9.03. The Bertz CT molecular complexity index is 1190. The third kappa shape index (κ3) is 4.92. The Balaban J connectivity index is 1.42. The van der Waals surface area contributed by atoms with E-state index in [-0.39, 0.29) is 17.7 Å². The summed E-state index contributed by atoms with van der Waals surface area (Å²) in [5.74, 6) is 1.14. The van der Waals surface area contributed by atoms with Crippen LogP contribution in [0.2, 0.25) is 5.02 Å². The van der Waals surface area contributed by atoms with Crippen molar-refractivity contribution in [2.24, 2.45) is 11.8 Å². The van der Waals surface area contributed by atoms with Gasteiger partial charge in [-0.05, 0) is 61.4 Å². The molecule has 1 fully saturated rings. The Morgan fingerprint density at radius 2 is 2.12 bits per heavy atom. The third-order valence-electron chi connectivity index (χ3n) is 6.59. The van der Waals surface area contributed by atoms with Gasteiger partial charge in [0.15, 0.2) is 5.82 Å². The molecule has 9 heteroatoms. The van der Waals surface area contributed by atoms with E-state index in [9.17, 15) is 9.59 Å². The van der Waals surface area contributed by atoms with Gasteiger partial charge in [-0.2, -0.15) is 4.98 Å². The Morgan fingerprint density at radius 1 is 1.24 bits per heavy atom. The van der Waals surface area contributed by atoms with Gasteiger partial charge in [-0.25, -0.2) is 4.98 Å². The van der Waals surface area contributed by atoms with E-state index in [1.165, 1.54) is 0 Å². The van der Waals surface area contributed by atoms with Crippen molar-refractivity contribution >= 4 is 46.6 Å². The maximum absolute atomic E-state index is 13.0. The lowest BCUT2D eigenvalue weighted by molar-refractivity contribution is -0.128. The van der Waals surface area contributed by atoms with Crippen molar-refractivity contribution in [1.82, 2.24) is 14.9 Å². The molecule has 0 saturated carbocycles. The van der Waals surface area contributed by atoms with Crippen LogP contribution in [-0.2, 0) is 16.0 Å². The first-order chi connectivity index (χ1) is 16.4. The minimum absolute atomic E-state index is 0.0127. The summed E-state index contributed by atoms with van der Waals surface area (Å²) in [6, 6.07) is 5.86. The van der Waals surface area contributed by atoms with Crippen LogP contribution in [0, 0.1) is 11.8 Å². The number of aromatic nitrogens is 2. The molecule has 1 aliphatic carbocycles. The van der Waals surface area contributed by atoms with Crippen LogP contribution in [0.5, 0.6) is 0 Å². The molecule has 1 aromatic carbocycles. The topological polar surface area (TPSA) is 99.3 Å². The molecule has 2 atom stereocenters. The monoisotopic (exact) mass is 478 g/mol. The zero-order valence-electron chi connectivity index (χ0n) is 19.0. The summed E-state index contributed by atoms with van der Waals surface area (Å²) in [5.41, 5.74) is 3.73. The number of carbonyl (C=O) groups is 2. The highest BCUT2D eigenvalue weighted by molar-refractivity contribution is 6.32. The molecular formula is C25H27ClN6O2. The fraction of sp³-hybridized carbons (Fsp3) is 0.360. The van der Waals surface area contributed by atoms with Gasteiger partial charge in [0.25, 0.3) is 0 Å². The van der Waals surface area contributed by atoms with Gasteiger partial charge in [0, 0.05) is 37.1 Å². The van der Waals surface area contributed by atoms with E-state index in [1.54, 1.807) is 18.0 Å². The van der Waals surface area contributed by atoms with Gasteiger partial charge in [0.05, 0.1) is 12.1 Å². The highest BCUT2D eigenvalue weighted by Gasteiger charge is 2.30. The first kappa shape index (κ1) is 22.4. The van der Waals surface area contributed by atoms with Gasteiger partial charge in [0.1, 0.15) is 5.02 Å². The fourth-order valence-corrected chi connectivity index (χ4v) is 4.81. The summed E-state index contributed by atoms with van der Waals surface area (Å²) in [6.45, 7) is 2.65. The molecule has 3 N–H and O–H groups in total. The van der Waals surface area contributed by atoms with Crippen molar-refractivity contribution in [3.8, 4) is 0 Å². The molecular weight excluding hydrogens is 452 g/mol. The smallest absolute Gasteiger partial charge is 0.229 e. The summed E-state index contributed by atoms with van der Waals surface area (Å²) in [5, 5.41) is 10.1. The number of benzene rings is 1. The van der Waals surface area contributed by atoms with E-state index in [1.807, 2.05) is 24.3 Å². The van der Waals surface area contributed by atoms with Crippen molar-refractivity contribution < 1.29 is 9.59 Å². The van der Waals surface area contributed by atoms with Crippen LogP contribution < -0.4 is 16.0 Å². The van der Waals surface area contributed by atoms with E-state index in [0.29, 0.717) is 42.2 Å². The van der Waals surface area contributed by atoms with Crippen molar-refractivity contribution in [3.05, 3.63) is 58.9 Å². The molecule has 3 heterocycles. The highest BCUT2D eigenvalue weighted by Crippen LogP contribution is 2.32. The first-order valence-electron chi connectivity index (χ1n) is 11.6. The number of nitrogens with zero attached hydrogens (tertiary/aromatic N) is 3. The standard InChI is InChI=1S/C25H27ClN6O2/c1-15(33)32-10-9-18(14-32)24(34)30-22-8-7-20-12-17(22)6-5-16-3-2-4-19(11-16)29-25-27-13-21(26)23(28-20)31-25/h2-4,7-8,12-13,16,18H,5-6,9-11,14H2,1H3,(H,30,34)(H2,27,28,29,31)/t16?,18-/m1/s1. The molecule has 8 nitrogen and oxygen atoms in total. The van der Waals surface area contributed by atoms with Crippen molar-refractivity contribution in [1.29, 1.82) is 0 Å². The van der Waals surface area contributed by atoms with Crippen LogP contribution in [0.4, 0.5) is 23.1 Å². The minimum atomic E-state index is -0.193. The van der Waals surface area contributed by atoms with E-state index in [0.717, 1.165) is 41.9 Å². The van der Waals surface area contributed by atoms with Gasteiger partial charge in [0.2, 0.25) is 17.8 Å². The summed E-state index contributed by atoms with van der Waals surface area (Å²) < 4.78 is 0. The largest absolute Gasteiger partial charge is 0.342 e. The molecule has 3 aliphatic rings. The quantitative estimate of drug-likeness (QED) is 0.587. The number of amides is 2. The Kier molecular flexibility index (Phi) is 6.24. The van der Waals surface area contributed by atoms with Gasteiger partial charge in [-0.1, -0.05) is 23.8 Å². The fourth-order valence-electron chi connectivity index (χ4n) is 4.67. The number of likely N-dealkylation sites (tertiary alicyclic amines) is 1. The number of fused-ring (bicyclic) bond motifs is 6. The van der Waals surface area contributed by atoms with Crippen molar-refractivity contribution in [2.75, 3.05) is 29.0 Å². The van der Waals surface area contributed by atoms with Gasteiger partial charge in [-0.3, -0.25) is 9.59 Å². The number of halogens is 1. The van der Waals surface area contributed by atoms with E-state index < -0.39 is 0 Å². The average Bonchev–Trinajstić information content (AvgIpc) is 3.32. The molecule has 2 aliphatic heterocycles. The van der Waals surface area contributed by atoms with Crippen molar-refractivity contribution in [2.45, 2.75) is 32.6 Å². The Morgan fingerprint density at radius 3 is 2.94 bits per heavy atom. The van der Waals surface area contributed by atoms with E-state index in [4.69, 9.17) is 11.6 Å². The number of hydrogen-bond donors (Lipinski definition) is 3. The normalized spacial score (nSPS) is 21.2. The molecule has 2 aromatic rings. The molecule has 6 bridgehead atoms. The molecule has 2 amide bonds. The minimum Gasteiger partial charge on any atom is -0.342 e. The van der Waals surface area contributed by atoms with Crippen LogP contribution in [0.1, 0.15) is 31.7 Å². The maximum atomic E-state index is 13.0. The number of hydrogen-bond acceptors (Lipinski definition) is 6. The molecule has 176 valence electrons. The Hall–Kier alpha value is -3.39. The molecule has 1 aromatic heterocycles. The van der Waals surface area contributed by atoms with E-state index in [2.05, 4.69) is 38.1 Å². The molecule has 0 spiro atoms. The average molecular weight is 479 g/mol. The van der Waals surface area contributed by atoms with Gasteiger partial charge >= 0.3 is 0 Å². The third-order valence-corrected chi connectivity index (χ3v) is 6.87. The Labute approximate surface area is 203 Å². The number of anilines is 4. The summed E-state index contributed by atoms with van der Waals surface area (Å²) in [7, 11) is 0. The maximum Gasteiger partial charge on any atom is 0.229 e. The predicted molar refractivity (Wildman–Crippen MR) is 133 cm³/mol. The summed E-state index contributed by atoms with van der Waals surface area (Å²) >= 11 is 6.35. The van der Waals surface area contributed by atoms with Crippen molar-refractivity contribution in [3.63, 3.8) is 0 Å². The van der Waals surface area contributed by atoms with Crippen LogP contribution >= 0.6 is 11.6 Å². The lowest BCUT2D eigenvalue weighted by atomic mass is 9.91. The number of aryl methyl sites for hydroxylation is 1. The SMILES string of the molecule is CC(=O)N1CC[C@@H](C(=O)Nc2ccc3cc2CCC2C=CC=C(C2)Nc2ncc(Cl)c(n2)N3)C1. The first-order valence-corrected chi connectivity index (χ1v) is 12.0. The van der Waals surface area contributed by atoms with E-state index >= 15 is 0 Å². The lowest BCUT2D eigenvalue weighted by Gasteiger charge is -2.20. The van der Waals surface area contributed by atoms with Crippen LogP contribution in [0.3, 0.4) is 0 Å². The zero-order chi connectivity index (χ0) is 23.7. The lowest BCUT2D eigenvalue weighted by Crippen LogP contribution is -2.30.